The Bertz CT molecular complexity index is 314. The van der Waals surface area contributed by atoms with Gasteiger partial charge in [0.05, 0.1) is 7.11 Å². The van der Waals surface area contributed by atoms with Gasteiger partial charge in [-0.3, -0.25) is 0 Å². The average Bonchev–Trinajstić information content (AvgIpc) is 2.31. The maximum atomic E-state index is 5.19. The van der Waals surface area contributed by atoms with E-state index in [0.717, 1.165) is 24.5 Å². The molecule has 4 heteroatoms. The normalized spacial score (nSPS) is 16.3. The van der Waals surface area contributed by atoms with E-state index in [1.54, 1.807) is 7.11 Å². The molecule has 0 unspecified atom stereocenters. The second-order valence-electron chi connectivity index (χ2n) is 3.90. The Hall–Kier alpha value is -0.930. The highest BCUT2D eigenvalue weighted by atomic mass is 35.5. The Balaban J connectivity index is 0.00000128. The number of benzene rings is 1. The van der Waals surface area contributed by atoms with Gasteiger partial charge in [-0.2, -0.15) is 0 Å². The number of hydrogen-bond acceptors (Lipinski definition) is 3. The third kappa shape index (κ3) is 3.58. The van der Waals surface area contributed by atoms with Crippen LogP contribution in [-0.4, -0.2) is 26.2 Å². The lowest BCUT2D eigenvalue weighted by molar-refractivity contribution is 0.414. The second kappa shape index (κ2) is 6.61. The lowest BCUT2D eigenvalue weighted by Gasteiger charge is -2.24. The van der Waals surface area contributed by atoms with Crippen LogP contribution in [0.2, 0.25) is 0 Å². The van der Waals surface area contributed by atoms with Crippen LogP contribution in [0, 0.1) is 0 Å². The highest BCUT2D eigenvalue weighted by Gasteiger charge is 2.12. The third-order valence-electron chi connectivity index (χ3n) is 2.78. The van der Waals surface area contributed by atoms with Crippen LogP contribution < -0.4 is 15.4 Å². The molecule has 1 aromatic carbocycles. The molecule has 16 heavy (non-hydrogen) atoms. The molecule has 0 bridgehead atoms. The fraction of sp³-hybridized carbons (Fsp3) is 0.500. The molecule has 0 spiro atoms. The Labute approximate surface area is 103 Å². The summed E-state index contributed by atoms with van der Waals surface area (Å²) in [4.78, 5) is 0. The minimum Gasteiger partial charge on any atom is -0.497 e. The molecule has 1 aliphatic rings. The zero-order valence-electron chi connectivity index (χ0n) is 9.53. The van der Waals surface area contributed by atoms with Crippen LogP contribution >= 0.6 is 12.4 Å². The fourth-order valence-electron chi connectivity index (χ4n) is 1.91. The standard InChI is InChI=1S/C12H18N2O.ClH/c1-15-12-4-2-3-11(9-12)14-10-5-7-13-8-6-10;/h2-4,9-10,13-14H,5-8H2,1H3;1H. The molecule has 1 fully saturated rings. The summed E-state index contributed by atoms with van der Waals surface area (Å²) in [5.74, 6) is 0.911. The van der Waals surface area contributed by atoms with Crippen molar-refractivity contribution < 1.29 is 4.74 Å². The first-order valence-corrected chi connectivity index (χ1v) is 5.50. The Kier molecular flexibility index (Phi) is 5.43. The van der Waals surface area contributed by atoms with Gasteiger partial charge < -0.3 is 15.4 Å². The van der Waals surface area contributed by atoms with Crippen LogP contribution in [0.15, 0.2) is 24.3 Å². The predicted molar refractivity (Wildman–Crippen MR) is 69.8 cm³/mol. The minimum absolute atomic E-state index is 0. The third-order valence-corrected chi connectivity index (χ3v) is 2.78. The Morgan fingerprint density at radius 2 is 2.06 bits per heavy atom. The molecular weight excluding hydrogens is 224 g/mol. The average molecular weight is 243 g/mol. The summed E-state index contributed by atoms with van der Waals surface area (Å²) in [5.41, 5.74) is 1.15. The lowest BCUT2D eigenvalue weighted by Crippen LogP contribution is -2.35. The number of halogens is 1. The molecule has 1 saturated heterocycles. The van der Waals surface area contributed by atoms with E-state index < -0.39 is 0 Å². The minimum atomic E-state index is 0. The monoisotopic (exact) mass is 242 g/mol. The van der Waals surface area contributed by atoms with Crippen LogP contribution in [0.3, 0.4) is 0 Å². The molecule has 90 valence electrons. The summed E-state index contributed by atoms with van der Waals surface area (Å²) in [6.07, 6.45) is 2.38. The van der Waals surface area contributed by atoms with Crippen molar-refractivity contribution in [1.29, 1.82) is 0 Å². The second-order valence-corrected chi connectivity index (χ2v) is 3.90. The molecule has 2 N–H and O–H groups in total. The zero-order valence-corrected chi connectivity index (χ0v) is 10.3. The van der Waals surface area contributed by atoms with Gasteiger partial charge in [0.2, 0.25) is 0 Å². The lowest BCUT2D eigenvalue weighted by atomic mass is 10.1. The van der Waals surface area contributed by atoms with Crippen molar-refractivity contribution in [3.05, 3.63) is 24.3 Å². The molecule has 0 radical (unpaired) electrons. The summed E-state index contributed by atoms with van der Waals surface area (Å²) in [6, 6.07) is 8.71. The van der Waals surface area contributed by atoms with E-state index >= 15 is 0 Å². The van der Waals surface area contributed by atoms with Crippen LogP contribution in [0.5, 0.6) is 5.75 Å². The van der Waals surface area contributed by atoms with Crippen LogP contribution in [-0.2, 0) is 0 Å². The maximum Gasteiger partial charge on any atom is 0.120 e. The topological polar surface area (TPSA) is 33.3 Å². The van der Waals surface area contributed by atoms with Crippen molar-refractivity contribution in [3.8, 4) is 5.75 Å². The molecule has 3 nitrogen and oxygen atoms in total. The van der Waals surface area contributed by atoms with Crippen molar-refractivity contribution >= 4 is 18.1 Å². The number of anilines is 1. The summed E-state index contributed by atoms with van der Waals surface area (Å²) < 4.78 is 5.19. The molecule has 0 atom stereocenters. The largest absolute Gasteiger partial charge is 0.497 e. The molecule has 0 saturated carbocycles. The number of ether oxygens (including phenoxy) is 1. The van der Waals surface area contributed by atoms with Crippen LogP contribution in [0.1, 0.15) is 12.8 Å². The Morgan fingerprint density at radius 1 is 1.31 bits per heavy atom. The van der Waals surface area contributed by atoms with E-state index in [9.17, 15) is 0 Å². The van der Waals surface area contributed by atoms with Gasteiger partial charge in [0.15, 0.2) is 0 Å². The summed E-state index contributed by atoms with van der Waals surface area (Å²) in [5, 5.41) is 6.89. The van der Waals surface area contributed by atoms with E-state index in [2.05, 4.69) is 16.7 Å². The molecule has 1 heterocycles. The van der Waals surface area contributed by atoms with E-state index in [1.165, 1.54) is 12.8 Å². The van der Waals surface area contributed by atoms with Gasteiger partial charge in [-0.05, 0) is 38.1 Å². The molecule has 0 aliphatic carbocycles. The van der Waals surface area contributed by atoms with Gasteiger partial charge in [0.1, 0.15) is 5.75 Å². The van der Waals surface area contributed by atoms with Crippen LogP contribution in [0.4, 0.5) is 5.69 Å². The first kappa shape index (κ1) is 13.1. The molecule has 1 aliphatic heterocycles. The van der Waals surface area contributed by atoms with Crippen molar-refractivity contribution in [2.45, 2.75) is 18.9 Å². The first-order chi connectivity index (χ1) is 7.38. The van der Waals surface area contributed by atoms with Gasteiger partial charge in [0, 0.05) is 17.8 Å². The molecule has 1 aromatic rings. The van der Waals surface area contributed by atoms with Gasteiger partial charge in [0.25, 0.3) is 0 Å². The summed E-state index contributed by atoms with van der Waals surface area (Å²) >= 11 is 0. The number of methoxy groups -OCH3 is 1. The highest BCUT2D eigenvalue weighted by molar-refractivity contribution is 5.85. The highest BCUT2D eigenvalue weighted by Crippen LogP contribution is 2.19. The number of nitrogens with one attached hydrogen (secondary N) is 2. The van der Waals surface area contributed by atoms with Crippen LogP contribution in [0.25, 0.3) is 0 Å². The molecule has 0 amide bonds. The van der Waals surface area contributed by atoms with Gasteiger partial charge in [-0.25, -0.2) is 0 Å². The number of piperidine rings is 1. The predicted octanol–water partition coefficient (Wildman–Crippen LogP) is 2.28. The SMILES string of the molecule is COc1cccc(NC2CCNCC2)c1.Cl. The quantitative estimate of drug-likeness (QED) is 0.853. The fourth-order valence-corrected chi connectivity index (χ4v) is 1.91. The summed E-state index contributed by atoms with van der Waals surface area (Å²) in [6.45, 7) is 2.23. The van der Waals surface area contributed by atoms with E-state index in [0.29, 0.717) is 6.04 Å². The smallest absolute Gasteiger partial charge is 0.120 e. The van der Waals surface area contributed by atoms with E-state index in [-0.39, 0.29) is 12.4 Å². The van der Waals surface area contributed by atoms with Crippen molar-refractivity contribution in [2.24, 2.45) is 0 Å². The summed E-state index contributed by atoms with van der Waals surface area (Å²) in [7, 11) is 1.70. The van der Waals surface area contributed by atoms with E-state index in [1.807, 2.05) is 18.2 Å². The maximum absolute atomic E-state index is 5.19. The number of rotatable bonds is 3. The van der Waals surface area contributed by atoms with Gasteiger partial charge >= 0.3 is 0 Å². The zero-order chi connectivity index (χ0) is 10.5. The molecule has 2 rings (SSSR count). The van der Waals surface area contributed by atoms with Crippen molar-refractivity contribution in [1.82, 2.24) is 5.32 Å². The molecular formula is C12H19ClN2O. The Morgan fingerprint density at radius 3 is 2.75 bits per heavy atom. The number of hydrogen-bond donors (Lipinski definition) is 2. The van der Waals surface area contributed by atoms with E-state index in [4.69, 9.17) is 4.74 Å². The molecule has 0 aromatic heterocycles. The first-order valence-electron chi connectivity index (χ1n) is 5.50. The van der Waals surface area contributed by atoms with Gasteiger partial charge in [-0.15, -0.1) is 12.4 Å². The van der Waals surface area contributed by atoms with Crippen molar-refractivity contribution in [3.63, 3.8) is 0 Å². The van der Waals surface area contributed by atoms with Gasteiger partial charge in [-0.1, -0.05) is 6.07 Å². The van der Waals surface area contributed by atoms with Crippen molar-refractivity contribution in [2.75, 3.05) is 25.5 Å².